The molecule has 0 fully saturated rings. The molecule has 104 valence electrons. The highest BCUT2D eigenvalue weighted by Gasteiger charge is 2.27. The zero-order chi connectivity index (χ0) is 13.8. The molecule has 2 rings (SSSR count). The fourth-order valence-electron chi connectivity index (χ4n) is 1.86. The van der Waals surface area contributed by atoms with Crippen molar-refractivity contribution >= 4 is 11.7 Å². The van der Waals surface area contributed by atoms with Gasteiger partial charge < -0.3 is 24.7 Å². The largest absolute Gasteiger partial charge is 0.492 e. The Hall–Kier alpha value is -2.11. The normalized spacial score (nSPS) is 12.9. The summed E-state index contributed by atoms with van der Waals surface area (Å²) >= 11 is 0. The third kappa shape index (κ3) is 2.52. The number of ether oxygens (including phenoxy) is 4. The van der Waals surface area contributed by atoms with Gasteiger partial charge in [0.15, 0.2) is 11.5 Å². The van der Waals surface area contributed by atoms with Crippen molar-refractivity contribution in [3.8, 4) is 17.2 Å². The number of rotatable bonds is 4. The van der Waals surface area contributed by atoms with Gasteiger partial charge in [0, 0.05) is 6.07 Å². The molecule has 2 N–H and O–H groups in total. The van der Waals surface area contributed by atoms with E-state index in [0.717, 1.165) is 0 Å². The van der Waals surface area contributed by atoms with Crippen molar-refractivity contribution in [1.82, 2.24) is 0 Å². The smallest absolute Gasteiger partial charge is 0.344 e. The van der Waals surface area contributed by atoms with E-state index in [2.05, 4.69) is 0 Å². The Kier molecular flexibility index (Phi) is 3.99. The van der Waals surface area contributed by atoms with Gasteiger partial charge >= 0.3 is 5.97 Å². The molecule has 6 heteroatoms. The number of fused-ring (bicyclic) bond motifs is 1. The quantitative estimate of drug-likeness (QED) is 0.659. The SMILES string of the molecule is CCOC(=O)c1c(N)c(OCC)cc2c1OCCO2. The second kappa shape index (κ2) is 5.69. The lowest BCUT2D eigenvalue weighted by atomic mass is 10.1. The van der Waals surface area contributed by atoms with Crippen molar-refractivity contribution in [2.75, 3.05) is 32.2 Å². The van der Waals surface area contributed by atoms with E-state index in [4.69, 9.17) is 24.7 Å². The van der Waals surface area contributed by atoms with Crippen LogP contribution in [-0.4, -0.2) is 32.4 Å². The Bertz CT molecular complexity index is 486. The molecule has 0 atom stereocenters. The lowest BCUT2D eigenvalue weighted by Crippen LogP contribution is -2.20. The molecule has 1 aromatic carbocycles. The topological polar surface area (TPSA) is 80.0 Å². The molecule has 0 spiro atoms. The zero-order valence-corrected chi connectivity index (χ0v) is 11.0. The number of nitrogen functional groups attached to an aromatic ring is 1. The second-order valence-corrected chi connectivity index (χ2v) is 3.84. The predicted octanol–water partition coefficient (Wildman–Crippen LogP) is 1.62. The number of hydrogen-bond acceptors (Lipinski definition) is 6. The lowest BCUT2D eigenvalue weighted by Gasteiger charge is -2.23. The van der Waals surface area contributed by atoms with E-state index in [9.17, 15) is 4.79 Å². The summed E-state index contributed by atoms with van der Waals surface area (Å²) in [7, 11) is 0. The van der Waals surface area contributed by atoms with Crippen molar-refractivity contribution in [3.63, 3.8) is 0 Å². The summed E-state index contributed by atoms with van der Waals surface area (Å²) in [4.78, 5) is 12.0. The highest BCUT2D eigenvalue weighted by atomic mass is 16.6. The fraction of sp³-hybridized carbons (Fsp3) is 0.462. The lowest BCUT2D eigenvalue weighted by molar-refractivity contribution is 0.0517. The molecule has 0 aliphatic carbocycles. The third-order valence-corrected chi connectivity index (χ3v) is 2.61. The summed E-state index contributed by atoms with van der Waals surface area (Å²) in [6, 6.07) is 1.63. The average molecular weight is 267 g/mol. The number of carbonyl (C=O) groups is 1. The maximum atomic E-state index is 12.0. The Balaban J connectivity index is 2.53. The molecule has 0 aromatic heterocycles. The van der Waals surface area contributed by atoms with E-state index in [0.29, 0.717) is 37.1 Å². The summed E-state index contributed by atoms with van der Waals surface area (Å²) in [6.45, 7) is 5.04. The molecular formula is C13H17NO5. The van der Waals surface area contributed by atoms with Crippen LogP contribution in [0.3, 0.4) is 0 Å². The Morgan fingerprint density at radius 2 is 2.05 bits per heavy atom. The summed E-state index contributed by atoms with van der Waals surface area (Å²) in [5.74, 6) is 0.635. The van der Waals surface area contributed by atoms with Gasteiger partial charge in [-0.25, -0.2) is 4.79 Å². The molecule has 1 aliphatic rings. The van der Waals surface area contributed by atoms with Crippen molar-refractivity contribution < 1.29 is 23.7 Å². The number of anilines is 1. The van der Waals surface area contributed by atoms with Crippen LogP contribution in [0.4, 0.5) is 5.69 Å². The van der Waals surface area contributed by atoms with Crippen LogP contribution < -0.4 is 19.9 Å². The highest BCUT2D eigenvalue weighted by molar-refractivity contribution is 6.01. The van der Waals surface area contributed by atoms with Gasteiger partial charge in [-0.05, 0) is 13.8 Å². The summed E-state index contributed by atoms with van der Waals surface area (Å²) in [5.41, 5.74) is 6.34. The Morgan fingerprint density at radius 1 is 1.32 bits per heavy atom. The Labute approximate surface area is 111 Å². The van der Waals surface area contributed by atoms with Gasteiger partial charge in [0.2, 0.25) is 0 Å². The van der Waals surface area contributed by atoms with E-state index in [1.807, 2.05) is 6.92 Å². The zero-order valence-electron chi connectivity index (χ0n) is 11.0. The monoisotopic (exact) mass is 267 g/mol. The molecule has 1 heterocycles. The van der Waals surface area contributed by atoms with Crippen molar-refractivity contribution in [3.05, 3.63) is 11.6 Å². The number of nitrogens with two attached hydrogens (primary N) is 1. The van der Waals surface area contributed by atoms with Crippen molar-refractivity contribution in [2.24, 2.45) is 0 Å². The standard InChI is InChI=1S/C13H17NO5/c1-3-16-8-7-9-12(19-6-5-18-9)10(11(8)14)13(15)17-4-2/h7H,3-6,14H2,1-2H3. The van der Waals surface area contributed by atoms with E-state index >= 15 is 0 Å². The van der Waals surface area contributed by atoms with Gasteiger partial charge in [0.25, 0.3) is 0 Å². The van der Waals surface area contributed by atoms with Gasteiger partial charge in [-0.2, -0.15) is 0 Å². The van der Waals surface area contributed by atoms with E-state index in [1.54, 1.807) is 13.0 Å². The van der Waals surface area contributed by atoms with Crippen LogP contribution in [0.25, 0.3) is 0 Å². The average Bonchev–Trinajstić information content (AvgIpc) is 2.40. The summed E-state index contributed by atoms with van der Waals surface area (Å²) in [6.07, 6.45) is 0. The molecule has 0 saturated carbocycles. The molecular weight excluding hydrogens is 250 g/mol. The van der Waals surface area contributed by atoms with Crippen LogP contribution in [0.15, 0.2) is 6.07 Å². The van der Waals surface area contributed by atoms with Crippen LogP contribution in [0, 0.1) is 0 Å². The molecule has 0 radical (unpaired) electrons. The maximum absolute atomic E-state index is 12.0. The molecule has 0 amide bonds. The first kappa shape index (κ1) is 13.3. The van der Waals surface area contributed by atoms with Gasteiger partial charge in [-0.1, -0.05) is 0 Å². The summed E-state index contributed by atoms with van der Waals surface area (Å²) < 4.78 is 21.3. The van der Waals surface area contributed by atoms with Crippen molar-refractivity contribution in [1.29, 1.82) is 0 Å². The predicted molar refractivity (Wildman–Crippen MR) is 69.0 cm³/mol. The minimum atomic E-state index is -0.539. The van der Waals surface area contributed by atoms with E-state index < -0.39 is 5.97 Å². The fourth-order valence-corrected chi connectivity index (χ4v) is 1.86. The first-order valence-electron chi connectivity index (χ1n) is 6.21. The molecule has 0 saturated heterocycles. The first-order valence-corrected chi connectivity index (χ1v) is 6.21. The minimum Gasteiger partial charge on any atom is -0.492 e. The van der Waals surface area contributed by atoms with Crippen LogP contribution >= 0.6 is 0 Å². The first-order chi connectivity index (χ1) is 9.19. The molecule has 1 aliphatic heterocycles. The number of esters is 1. The van der Waals surface area contributed by atoms with Crippen LogP contribution in [0.5, 0.6) is 17.2 Å². The van der Waals surface area contributed by atoms with Gasteiger partial charge in [0.1, 0.15) is 24.5 Å². The van der Waals surface area contributed by atoms with Crippen LogP contribution in [0.1, 0.15) is 24.2 Å². The van der Waals surface area contributed by atoms with Crippen LogP contribution in [-0.2, 0) is 4.74 Å². The van der Waals surface area contributed by atoms with E-state index in [-0.39, 0.29) is 17.9 Å². The third-order valence-electron chi connectivity index (χ3n) is 2.61. The van der Waals surface area contributed by atoms with Gasteiger partial charge in [-0.15, -0.1) is 0 Å². The maximum Gasteiger partial charge on any atom is 0.344 e. The number of hydrogen-bond donors (Lipinski definition) is 1. The Morgan fingerprint density at radius 3 is 2.74 bits per heavy atom. The molecule has 0 unspecified atom stereocenters. The summed E-state index contributed by atoms with van der Waals surface area (Å²) in [5, 5.41) is 0. The molecule has 1 aromatic rings. The molecule has 19 heavy (non-hydrogen) atoms. The van der Waals surface area contributed by atoms with Crippen molar-refractivity contribution in [2.45, 2.75) is 13.8 Å². The molecule has 6 nitrogen and oxygen atoms in total. The number of benzene rings is 1. The second-order valence-electron chi connectivity index (χ2n) is 3.84. The van der Waals surface area contributed by atoms with E-state index in [1.165, 1.54) is 0 Å². The van der Waals surface area contributed by atoms with Crippen LogP contribution in [0.2, 0.25) is 0 Å². The minimum absolute atomic E-state index is 0.169. The highest BCUT2D eigenvalue weighted by Crippen LogP contribution is 2.43. The van der Waals surface area contributed by atoms with Gasteiger partial charge in [0.05, 0.1) is 18.9 Å². The molecule has 0 bridgehead atoms. The number of carbonyl (C=O) groups excluding carboxylic acids is 1. The van der Waals surface area contributed by atoms with Gasteiger partial charge in [-0.3, -0.25) is 0 Å².